The number of benzene rings is 1. The van der Waals surface area contributed by atoms with Crippen LogP contribution >= 0.6 is 0 Å². The molecular weight excluding hydrogens is 266 g/mol. The molecule has 1 aliphatic rings. The number of amides is 2. The minimum absolute atomic E-state index is 0.0430. The van der Waals surface area contributed by atoms with Crippen LogP contribution < -0.4 is 10.6 Å². The number of hydrogen-bond acceptors (Lipinski definition) is 3. The Balaban J connectivity index is 1.74. The Morgan fingerprint density at radius 3 is 2.38 bits per heavy atom. The number of nitrogens with one attached hydrogen (secondary N) is 2. The van der Waals surface area contributed by atoms with E-state index in [-0.39, 0.29) is 19.2 Å². The maximum atomic E-state index is 11.4. The molecule has 0 aliphatic carbocycles. The first kappa shape index (κ1) is 15.8. The van der Waals surface area contributed by atoms with E-state index in [9.17, 15) is 4.79 Å². The summed E-state index contributed by atoms with van der Waals surface area (Å²) >= 11 is 0. The number of aliphatic hydroxyl groups excluding tert-OH is 1. The third kappa shape index (κ3) is 5.73. The average molecular weight is 291 g/mol. The van der Waals surface area contributed by atoms with Crippen molar-refractivity contribution in [2.24, 2.45) is 0 Å². The van der Waals surface area contributed by atoms with Crippen LogP contribution in [-0.4, -0.2) is 42.3 Å². The van der Waals surface area contributed by atoms with Crippen LogP contribution in [-0.2, 0) is 13.1 Å². The number of piperidine rings is 1. The molecule has 0 saturated carbocycles. The van der Waals surface area contributed by atoms with Crippen LogP contribution in [0, 0.1) is 0 Å². The summed E-state index contributed by atoms with van der Waals surface area (Å²) in [5.41, 5.74) is 2.40. The summed E-state index contributed by atoms with van der Waals surface area (Å²) in [6, 6.07) is 8.15. The van der Waals surface area contributed by atoms with Gasteiger partial charge in [-0.1, -0.05) is 30.7 Å². The zero-order valence-electron chi connectivity index (χ0n) is 12.5. The second kappa shape index (κ2) is 8.64. The Labute approximate surface area is 126 Å². The molecule has 21 heavy (non-hydrogen) atoms. The number of rotatable bonds is 6. The van der Waals surface area contributed by atoms with Gasteiger partial charge in [0.2, 0.25) is 0 Å². The summed E-state index contributed by atoms with van der Waals surface area (Å²) in [6.45, 7) is 4.16. The topological polar surface area (TPSA) is 64.6 Å². The number of carbonyl (C=O) groups is 1. The van der Waals surface area contributed by atoms with Crippen molar-refractivity contribution in [2.75, 3.05) is 26.2 Å². The van der Waals surface area contributed by atoms with E-state index in [1.54, 1.807) is 0 Å². The third-order valence-electron chi connectivity index (χ3n) is 3.73. The van der Waals surface area contributed by atoms with Gasteiger partial charge in [0, 0.05) is 19.6 Å². The molecule has 0 aromatic heterocycles. The van der Waals surface area contributed by atoms with Gasteiger partial charge >= 0.3 is 6.03 Å². The summed E-state index contributed by atoms with van der Waals surface area (Å²) < 4.78 is 0. The lowest BCUT2D eigenvalue weighted by molar-refractivity contribution is 0.221. The lowest BCUT2D eigenvalue weighted by atomic mass is 10.1. The number of hydrogen-bond donors (Lipinski definition) is 3. The molecule has 2 amide bonds. The minimum Gasteiger partial charge on any atom is -0.395 e. The molecule has 0 bridgehead atoms. The predicted octanol–water partition coefficient (Wildman–Crippen LogP) is 1.46. The van der Waals surface area contributed by atoms with Crippen LogP contribution in [0.4, 0.5) is 4.79 Å². The quantitative estimate of drug-likeness (QED) is 0.743. The Hall–Kier alpha value is -1.59. The largest absolute Gasteiger partial charge is 0.395 e. The van der Waals surface area contributed by atoms with E-state index in [2.05, 4.69) is 39.8 Å². The van der Waals surface area contributed by atoms with E-state index in [1.807, 2.05) is 0 Å². The fourth-order valence-electron chi connectivity index (χ4n) is 2.55. The van der Waals surface area contributed by atoms with E-state index in [1.165, 1.54) is 37.9 Å². The van der Waals surface area contributed by atoms with Crippen LogP contribution in [0.5, 0.6) is 0 Å². The number of nitrogens with zero attached hydrogens (tertiary/aromatic N) is 1. The maximum Gasteiger partial charge on any atom is 0.315 e. The Morgan fingerprint density at radius 2 is 1.71 bits per heavy atom. The average Bonchev–Trinajstić information content (AvgIpc) is 2.53. The van der Waals surface area contributed by atoms with Gasteiger partial charge in [-0.2, -0.15) is 0 Å². The minimum atomic E-state index is -0.249. The molecule has 1 aromatic carbocycles. The highest BCUT2D eigenvalue weighted by atomic mass is 16.3. The molecule has 2 rings (SSSR count). The SMILES string of the molecule is O=C(NCCO)NCc1ccc(CN2CCCCC2)cc1. The molecule has 0 atom stereocenters. The summed E-state index contributed by atoms with van der Waals surface area (Å²) in [5.74, 6) is 0. The molecule has 5 heteroatoms. The second-order valence-corrected chi connectivity index (χ2v) is 5.49. The van der Waals surface area contributed by atoms with Crippen LogP contribution in [0.15, 0.2) is 24.3 Å². The fourth-order valence-corrected chi connectivity index (χ4v) is 2.55. The van der Waals surface area contributed by atoms with Crippen molar-refractivity contribution in [3.05, 3.63) is 35.4 Å². The van der Waals surface area contributed by atoms with Crippen molar-refractivity contribution in [1.29, 1.82) is 0 Å². The monoisotopic (exact) mass is 291 g/mol. The van der Waals surface area contributed by atoms with E-state index >= 15 is 0 Å². The van der Waals surface area contributed by atoms with E-state index in [0.29, 0.717) is 6.54 Å². The highest BCUT2D eigenvalue weighted by Crippen LogP contribution is 2.13. The smallest absolute Gasteiger partial charge is 0.315 e. The van der Waals surface area contributed by atoms with Gasteiger partial charge in [-0.3, -0.25) is 4.90 Å². The van der Waals surface area contributed by atoms with E-state index < -0.39 is 0 Å². The first-order valence-corrected chi connectivity index (χ1v) is 7.70. The summed E-state index contributed by atoms with van der Waals surface area (Å²) in [5, 5.41) is 13.9. The Bertz CT molecular complexity index is 428. The Kier molecular flexibility index (Phi) is 6.50. The van der Waals surface area contributed by atoms with Gasteiger partial charge < -0.3 is 15.7 Å². The van der Waals surface area contributed by atoms with Gasteiger partial charge in [0.1, 0.15) is 0 Å². The molecule has 1 aliphatic heterocycles. The number of urea groups is 1. The van der Waals surface area contributed by atoms with Crippen molar-refractivity contribution >= 4 is 6.03 Å². The van der Waals surface area contributed by atoms with Crippen molar-refractivity contribution < 1.29 is 9.90 Å². The first-order chi connectivity index (χ1) is 10.3. The normalized spacial score (nSPS) is 15.7. The molecule has 1 saturated heterocycles. The predicted molar refractivity (Wildman–Crippen MR) is 82.9 cm³/mol. The van der Waals surface area contributed by atoms with Crippen LogP contribution in [0.1, 0.15) is 30.4 Å². The van der Waals surface area contributed by atoms with Crippen molar-refractivity contribution in [1.82, 2.24) is 15.5 Å². The highest BCUT2D eigenvalue weighted by molar-refractivity contribution is 5.73. The Morgan fingerprint density at radius 1 is 1.05 bits per heavy atom. The summed E-state index contributed by atoms with van der Waals surface area (Å²) in [4.78, 5) is 13.9. The van der Waals surface area contributed by atoms with Gasteiger partial charge in [0.05, 0.1) is 6.61 Å². The summed E-state index contributed by atoms with van der Waals surface area (Å²) in [6.07, 6.45) is 3.98. The van der Waals surface area contributed by atoms with Gasteiger partial charge in [0.15, 0.2) is 0 Å². The number of likely N-dealkylation sites (tertiary alicyclic amines) is 1. The highest BCUT2D eigenvalue weighted by Gasteiger charge is 2.10. The van der Waals surface area contributed by atoms with Gasteiger partial charge in [-0.05, 0) is 37.1 Å². The molecule has 3 N–H and O–H groups in total. The van der Waals surface area contributed by atoms with Gasteiger partial charge in [0.25, 0.3) is 0 Å². The van der Waals surface area contributed by atoms with Crippen LogP contribution in [0.3, 0.4) is 0 Å². The molecule has 0 radical (unpaired) electrons. The maximum absolute atomic E-state index is 11.4. The van der Waals surface area contributed by atoms with Crippen LogP contribution in [0.2, 0.25) is 0 Å². The first-order valence-electron chi connectivity index (χ1n) is 7.70. The van der Waals surface area contributed by atoms with E-state index in [4.69, 9.17) is 5.11 Å². The van der Waals surface area contributed by atoms with Gasteiger partial charge in [-0.15, -0.1) is 0 Å². The third-order valence-corrected chi connectivity index (χ3v) is 3.73. The summed E-state index contributed by atoms with van der Waals surface area (Å²) in [7, 11) is 0. The van der Waals surface area contributed by atoms with Gasteiger partial charge in [-0.25, -0.2) is 4.79 Å². The number of carbonyl (C=O) groups excluding carboxylic acids is 1. The lowest BCUT2D eigenvalue weighted by Crippen LogP contribution is -2.36. The molecule has 0 unspecified atom stereocenters. The van der Waals surface area contributed by atoms with Crippen LogP contribution in [0.25, 0.3) is 0 Å². The second-order valence-electron chi connectivity index (χ2n) is 5.49. The zero-order valence-corrected chi connectivity index (χ0v) is 12.5. The lowest BCUT2D eigenvalue weighted by Gasteiger charge is -2.26. The van der Waals surface area contributed by atoms with Crippen molar-refractivity contribution in [2.45, 2.75) is 32.4 Å². The van der Waals surface area contributed by atoms with E-state index in [0.717, 1.165) is 12.1 Å². The number of aliphatic hydroxyl groups is 1. The zero-order chi connectivity index (χ0) is 14.9. The molecular formula is C16H25N3O2. The molecule has 1 aromatic rings. The molecule has 1 fully saturated rings. The molecule has 5 nitrogen and oxygen atoms in total. The fraction of sp³-hybridized carbons (Fsp3) is 0.562. The van der Waals surface area contributed by atoms with Crippen molar-refractivity contribution in [3.8, 4) is 0 Å². The molecule has 1 heterocycles. The molecule has 116 valence electrons. The van der Waals surface area contributed by atoms with Crippen molar-refractivity contribution in [3.63, 3.8) is 0 Å². The standard InChI is InChI=1S/C16H25N3O2/c20-11-8-17-16(21)18-12-14-4-6-15(7-5-14)13-19-9-2-1-3-10-19/h4-7,20H,1-3,8-13H2,(H2,17,18,21). The molecule has 0 spiro atoms.